The molecule has 1 aromatic heterocycles. The van der Waals surface area contributed by atoms with Gasteiger partial charge in [-0.2, -0.15) is 18.4 Å². The van der Waals surface area contributed by atoms with E-state index in [0.29, 0.717) is 0 Å². The number of nitrogens with one attached hydrogen (secondary N) is 1. The fourth-order valence-corrected chi connectivity index (χ4v) is 1.67. The van der Waals surface area contributed by atoms with Crippen LogP contribution in [0.2, 0.25) is 5.02 Å². The van der Waals surface area contributed by atoms with E-state index in [1.807, 2.05) is 0 Å². The number of aromatic nitrogens is 2. The van der Waals surface area contributed by atoms with Gasteiger partial charge in [-0.3, -0.25) is 0 Å². The topological polar surface area (TPSA) is 87.6 Å². The van der Waals surface area contributed by atoms with Crippen molar-refractivity contribution < 1.29 is 13.2 Å². The van der Waals surface area contributed by atoms with Crippen molar-refractivity contribution in [2.24, 2.45) is 0 Å². The van der Waals surface area contributed by atoms with Crippen molar-refractivity contribution in [2.75, 3.05) is 11.1 Å². The molecule has 0 aliphatic carbocycles. The van der Waals surface area contributed by atoms with Gasteiger partial charge in [0.25, 0.3) is 0 Å². The molecule has 0 bridgehead atoms. The van der Waals surface area contributed by atoms with Gasteiger partial charge in [0.1, 0.15) is 23.2 Å². The van der Waals surface area contributed by atoms with Gasteiger partial charge in [0.2, 0.25) is 0 Å². The van der Waals surface area contributed by atoms with Crippen molar-refractivity contribution in [1.82, 2.24) is 9.97 Å². The standard InChI is InChI=1S/C12H7ClF3N5/c13-9-10(18)19-5-20-11(9)21-8-2-1-7(12(14,15)16)3-6(8)4-17/h1-3,5H,(H3,18,19,20,21). The summed E-state index contributed by atoms with van der Waals surface area (Å²) in [6.45, 7) is 0. The van der Waals surface area contributed by atoms with E-state index in [-0.39, 0.29) is 27.9 Å². The van der Waals surface area contributed by atoms with Crippen LogP contribution < -0.4 is 11.1 Å². The summed E-state index contributed by atoms with van der Waals surface area (Å²) in [6.07, 6.45) is -3.39. The Morgan fingerprint density at radius 2 is 2.00 bits per heavy atom. The Bertz CT molecular complexity index is 724. The van der Waals surface area contributed by atoms with Gasteiger partial charge in [-0.1, -0.05) is 11.6 Å². The maximum Gasteiger partial charge on any atom is 0.416 e. The van der Waals surface area contributed by atoms with Crippen LogP contribution in [0.25, 0.3) is 0 Å². The fraction of sp³-hybridized carbons (Fsp3) is 0.0833. The Balaban J connectivity index is 2.42. The van der Waals surface area contributed by atoms with E-state index < -0.39 is 11.7 Å². The highest BCUT2D eigenvalue weighted by atomic mass is 35.5. The lowest BCUT2D eigenvalue weighted by Crippen LogP contribution is -2.06. The summed E-state index contributed by atoms with van der Waals surface area (Å²) in [6, 6.07) is 4.39. The molecule has 1 aromatic carbocycles. The number of rotatable bonds is 2. The minimum absolute atomic E-state index is 0.0135. The first kappa shape index (κ1) is 14.9. The molecule has 1 heterocycles. The Labute approximate surface area is 122 Å². The van der Waals surface area contributed by atoms with Crippen LogP contribution in [0.4, 0.5) is 30.5 Å². The SMILES string of the molecule is N#Cc1cc(C(F)(F)F)ccc1Nc1ncnc(N)c1Cl. The van der Waals surface area contributed by atoms with Crippen LogP contribution in [0.3, 0.4) is 0 Å². The molecule has 0 atom stereocenters. The molecular formula is C12H7ClF3N5. The fourth-order valence-electron chi connectivity index (χ4n) is 1.52. The Morgan fingerprint density at radius 1 is 1.29 bits per heavy atom. The Kier molecular flexibility index (Phi) is 3.86. The molecule has 0 aliphatic heterocycles. The molecule has 2 rings (SSSR count). The van der Waals surface area contributed by atoms with Gasteiger partial charge in [-0.25, -0.2) is 9.97 Å². The van der Waals surface area contributed by atoms with Crippen molar-refractivity contribution in [2.45, 2.75) is 6.18 Å². The second-order valence-corrected chi connectivity index (χ2v) is 4.29. The van der Waals surface area contributed by atoms with Gasteiger partial charge in [0, 0.05) is 0 Å². The molecule has 0 radical (unpaired) electrons. The second-order valence-electron chi connectivity index (χ2n) is 3.92. The number of hydrogen-bond acceptors (Lipinski definition) is 5. The molecular weight excluding hydrogens is 307 g/mol. The summed E-state index contributed by atoms with van der Waals surface area (Å²) in [5, 5.41) is 11.6. The maximum atomic E-state index is 12.6. The molecule has 21 heavy (non-hydrogen) atoms. The third-order valence-electron chi connectivity index (χ3n) is 2.54. The number of nitrogen functional groups attached to an aromatic ring is 1. The lowest BCUT2D eigenvalue weighted by atomic mass is 10.1. The minimum atomic E-state index is -4.53. The van der Waals surface area contributed by atoms with E-state index in [1.165, 1.54) is 0 Å². The first-order valence-electron chi connectivity index (χ1n) is 5.47. The van der Waals surface area contributed by atoms with Crippen LogP contribution in [-0.4, -0.2) is 9.97 Å². The minimum Gasteiger partial charge on any atom is -0.382 e. The predicted molar refractivity (Wildman–Crippen MR) is 70.9 cm³/mol. The second kappa shape index (κ2) is 5.46. The van der Waals surface area contributed by atoms with Crippen molar-refractivity contribution in [1.29, 1.82) is 5.26 Å². The first-order chi connectivity index (χ1) is 9.82. The molecule has 0 saturated heterocycles. The average molecular weight is 314 g/mol. The summed E-state index contributed by atoms with van der Waals surface area (Å²) in [5.41, 5.74) is 4.50. The highest BCUT2D eigenvalue weighted by Gasteiger charge is 2.31. The number of nitrogens with two attached hydrogens (primary N) is 1. The highest BCUT2D eigenvalue weighted by molar-refractivity contribution is 6.35. The monoisotopic (exact) mass is 313 g/mol. The lowest BCUT2D eigenvalue weighted by Gasteiger charge is -2.12. The normalized spacial score (nSPS) is 11.0. The van der Waals surface area contributed by atoms with E-state index in [4.69, 9.17) is 22.6 Å². The van der Waals surface area contributed by atoms with Crippen LogP contribution in [0, 0.1) is 11.3 Å². The van der Waals surface area contributed by atoms with Gasteiger partial charge >= 0.3 is 6.18 Å². The first-order valence-corrected chi connectivity index (χ1v) is 5.85. The number of nitrogens with zero attached hydrogens (tertiary/aromatic N) is 3. The third-order valence-corrected chi connectivity index (χ3v) is 2.91. The Morgan fingerprint density at radius 3 is 2.62 bits per heavy atom. The summed E-state index contributed by atoms with van der Waals surface area (Å²) in [4.78, 5) is 7.47. The summed E-state index contributed by atoms with van der Waals surface area (Å²) >= 11 is 5.87. The molecule has 5 nitrogen and oxygen atoms in total. The molecule has 0 spiro atoms. The molecule has 0 unspecified atom stereocenters. The zero-order valence-electron chi connectivity index (χ0n) is 10.2. The number of nitriles is 1. The maximum absolute atomic E-state index is 12.6. The predicted octanol–water partition coefficient (Wildman–Crippen LogP) is 3.35. The van der Waals surface area contributed by atoms with Crippen molar-refractivity contribution in [3.05, 3.63) is 40.7 Å². The molecule has 2 aromatic rings. The molecule has 108 valence electrons. The van der Waals surface area contributed by atoms with Crippen LogP contribution in [0.1, 0.15) is 11.1 Å². The van der Waals surface area contributed by atoms with Crippen LogP contribution in [-0.2, 0) is 6.18 Å². The van der Waals surface area contributed by atoms with Gasteiger partial charge in [-0.15, -0.1) is 0 Å². The number of alkyl halides is 3. The number of halogens is 4. The van der Waals surface area contributed by atoms with Gasteiger partial charge < -0.3 is 11.1 Å². The summed E-state index contributed by atoms with van der Waals surface area (Å²) in [5.74, 6) is 0.111. The number of anilines is 3. The molecule has 0 fully saturated rings. The molecule has 0 amide bonds. The summed E-state index contributed by atoms with van der Waals surface area (Å²) in [7, 11) is 0. The summed E-state index contributed by atoms with van der Waals surface area (Å²) < 4.78 is 37.8. The van der Waals surface area contributed by atoms with Crippen molar-refractivity contribution >= 4 is 28.9 Å². The molecule has 9 heteroatoms. The van der Waals surface area contributed by atoms with Crippen molar-refractivity contribution in [3.63, 3.8) is 0 Å². The third kappa shape index (κ3) is 3.14. The quantitative estimate of drug-likeness (QED) is 0.887. The van der Waals surface area contributed by atoms with E-state index in [1.54, 1.807) is 6.07 Å². The van der Waals surface area contributed by atoms with E-state index >= 15 is 0 Å². The smallest absolute Gasteiger partial charge is 0.382 e. The van der Waals surface area contributed by atoms with Crippen molar-refractivity contribution in [3.8, 4) is 6.07 Å². The van der Waals surface area contributed by atoms with Gasteiger partial charge in [-0.05, 0) is 18.2 Å². The number of benzene rings is 1. The van der Waals surface area contributed by atoms with Crippen LogP contribution in [0.15, 0.2) is 24.5 Å². The van der Waals surface area contributed by atoms with Gasteiger partial charge in [0.15, 0.2) is 5.82 Å². The average Bonchev–Trinajstić information content (AvgIpc) is 2.43. The lowest BCUT2D eigenvalue weighted by molar-refractivity contribution is -0.137. The van der Waals surface area contributed by atoms with E-state index in [9.17, 15) is 13.2 Å². The highest BCUT2D eigenvalue weighted by Crippen LogP contribution is 2.33. The van der Waals surface area contributed by atoms with E-state index in [0.717, 1.165) is 24.5 Å². The molecule has 0 saturated carbocycles. The molecule has 3 N–H and O–H groups in total. The van der Waals surface area contributed by atoms with Crippen LogP contribution in [0.5, 0.6) is 0 Å². The zero-order valence-corrected chi connectivity index (χ0v) is 11.0. The zero-order chi connectivity index (χ0) is 15.6. The van der Waals surface area contributed by atoms with E-state index in [2.05, 4.69) is 15.3 Å². The molecule has 0 aliphatic rings. The Hall–Kier alpha value is -2.53. The largest absolute Gasteiger partial charge is 0.416 e. The van der Waals surface area contributed by atoms with Crippen LogP contribution >= 0.6 is 11.6 Å². The number of hydrogen-bond donors (Lipinski definition) is 2. The van der Waals surface area contributed by atoms with Gasteiger partial charge in [0.05, 0.1) is 16.8 Å².